The van der Waals surface area contributed by atoms with Gasteiger partial charge >= 0.3 is 0 Å². The zero-order chi connectivity index (χ0) is 12.7. The molecule has 0 unspecified atom stereocenters. The summed E-state index contributed by atoms with van der Waals surface area (Å²) in [6.45, 7) is 4.28. The monoisotopic (exact) mass is 314 g/mol. The zero-order valence-electron chi connectivity index (χ0n) is 9.41. The molecule has 1 aromatic carbocycles. The van der Waals surface area contributed by atoms with Gasteiger partial charge in [0.15, 0.2) is 0 Å². The Kier molecular flexibility index (Phi) is 6.15. The standard InChI is InChI=1S/C12H15BrN2OS/c1-2-4-17-5-3-15-12(16)9-6-10(13)8-11(14)7-9/h2,6-8H,1,3-5,14H2,(H,15,16). The Labute approximate surface area is 114 Å². The van der Waals surface area contributed by atoms with Crippen LogP contribution in [0.4, 0.5) is 5.69 Å². The van der Waals surface area contributed by atoms with E-state index in [1.807, 2.05) is 6.08 Å². The van der Waals surface area contributed by atoms with Crippen LogP contribution in [0.5, 0.6) is 0 Å². The summed E-state index contributed by atoms with van der Waals surface area (Å²) < 4.78 is 0.809. The molecule has 0 saturated carbocycles. The molecule has 0 aliphatic carbocycles. The van der Waals surface area contributed by atoms with Crippen molar-refractivity contribution >= 4 is 39.3 Å². The summed E-state index contributed by atoms with van der Waals surface area (Å²) in [4.78, 5) is 11.8. The third-order valence-corrected chi connectivity index (χ3v) is 3.37. The molecule has 0 aromatic heterocycles. The van der Waals surface area contributed by atoms with Crippen LogP contribution in [0, 0.1) is 0 Å². The number of hydrogen-bond acceptors (Lipinski definition) is 3. The van der Waals surface area contributed by atoms with Gasteiger partial charge in [0.1, 0.15) is 0 Å². The van der Waals surface area contributed by atoms with E-state index in [0.29, 0.717) is 17.8 Å². The molecule has 3 nitrogen and oxygen atoms in total. The molecule has 0 aliphatic heterocycles. The van der Waals surface area contributed by atoms with Gasteiger partial charge in [0, 0.05) is 33.8 Å². The largest absolute Gasteiger partial charge is 0.399 e. The lowest BCUT2D eigenvalue weighted by Gasteiger charge is -2.06. The molecule has 0 aliphatic rings. The Hall–Kier alpha value is -0.940. The van der Waals surface area contributed by atoms with Crippen LogP contribution in [-0.4, -0.2) is 24.0 Å². The number of anilines is 1. The van der Waals surface area contributed by atoms with Gasteiger partial charge < -0.3 is 11.1 Å². The predicted octanol–water partition coefficient (Wildman–Crippen LogP) is 2.68. The molecule has 0 atom stereocenters. The van der Waals surface area contributed by atoms with Crippen LogP contribution in [0.2, 0.25) is 0 Å². The topological polar surface area (TPSA) is 55.1 Å². The Morgan fingerprint density at radius 1 is 1.53 bits per heavy atom. The first kappa shape index (κ1) is 14.1. The number of amides is 1. The van der Waals surface area contributed by atoms with Crippen LogP contribution in [0.1, 0.15) is 10.4 Å². The summed E-state index contributed by atoms with van der Waals surface area (Å²) in [5.74, 6) is 1.68. The number of rotatable bonds is 6. The van der Waals surface area contributed by atoms with Gasteiger partial charge in [-0.1, -0.05) is 22.0 Å². The minimum absolute atomic E-state index is 0.0998. The van der Waals surface area contributed by atoms with E-state index in [0.717, 1.165) is 16.0 Å². The fourth-order valence-electron chi connectivity index (χ4n) is 1.25. The normalized spacial score (nSPS) is 9.94. The third kappa shape index (κ3) is 5.28. The Morgan fingerprint density at radius 3 is 2.94 bits per heavy atom. The second-order valence-corrected chi connectivity index (χ2v) is 5.46. The molecule has 1 amide bonds. The van der Waals surface area contributed by atoms with Gasteiger partial charge in [-0.2, -0.15) is 11.8 Å². The van der Waals surface area contributed by atoms with E-state index < -0.39 is 0 Å². The molecule has 0 fully saturated rings. The maximum atomic E-state index is 11.8. The lowest BCUT2D eigenvalue weighted by atomic mass is 10.2. The van der Waals surface area contributed by atoms with Crippen molar-refractivity contribution in [2.24, 2.45) is 0 Å². The molecule has 1 rings (SSSR count). The van der Waals surface area contributed by atoms with Crippen molar-refractivity contribution in [1.29, 1.82) is 0 Å². The molecule has 0 radical (unpaired) electrons. The molecule has 3 N–H and O–H groups in total. The molecule has 0 bridgehead atoms. The van der Waals surface area contributed by atoms with Crippen molar-refractivity contribution in [3.63, 3.8) is 0 Å². The molecular formula is C12H15BrN2OS. The minimum atomic E-state index is -0.0998. The molecule has 0 saturated heterocycles. The minimum Gasteiger partial charge on any atom is -0.399 e. The van der Waals surface area contributed by atoms with Crippen LogP contribution < -0.4 is 11.1 Å². The van der Waals surface area contributed by atoms with Gasteiger partial charge in [0.05, 0.1) is 0 Å². The van der Waals surface area contributed by atoms with Crippen molar-refractivity contribution in [1.82, 2.24) is 5.32 Å². The van der Waals surface area contributed by atoms with Crippen molar-refractivity contribution in [3.05, 3.63) is 40.9 Å². The Balaban J connectivity index is 2.44. The molecular weight excluding hydrogens is 300 g/mol. The van der Waals surface area contributed by atoms with Crippen molar-refractivity contribution in [2.45, 2.75) is 0 Å². The van der Waals surface area contributed by atoms with Crippen LogP contribution in [0.15, 0.2) is 35.3 Å². The quantitative estimate of drug-likeness (QED) is 0.482. The van der Waals surface area contributed by atoms with Crippen LogP contribution in [0.25, 0.3) is 0 Å². The van der Waals surface area contributed by atoms with E-state index in [1.165, 1.54) is 0 Å². The third-order valence-electron chi connectivity index (χ3n) is 1.95. The number of carbonyl (C=O) groups is 1. The number of hydrogen-bond donors (Lipinski definition) is 2. The number of nitrogens with two attached hydrogens (primary N) is 1. The second kappa shape index (κ2) is 7.40. The highest BCUT2D eigenvalue weighted by atomic mass is 79.9. The lowest BCUT2D eigenvalue weighted by Crippen LogP contribution is -2.25. The summed E-state index contributed by atoms with van der Waals surface area (Å²) in [5, 5.41) is 2.84. The van der Waals surface area contributed by atoms with Crippen LogP contribution >= 0.6 is 27.7 Å². The lowest BCUT2D eigenvalue weighted by molar-refractivity contribution is 0.0956. The summed E-state index contributed by atoms with van der Waals surface area (Å²) in [6, 6.07) is 5.18. The Morgan fingerprint density at radius 2 is 2.29 bits per heavy atom. The van der Waals surface area contributed by atoms with E-state index >= 15 is 0 Å². The summed E-state index contributed by atoms with van der Waals surface area (Å²) >= 11 is 5.04. The predicted molar refractivity (Wildman–Crippen MR) is 78.4 cm³/mol. The van der Waals surface area contributed by atoms with Crippen molar-refractivity contribution in [2.75, 3.05) is 23.8 Å². The zero-order valence-corrected chi connectivity index (χ0v) is 11.8. The first-order chi connectivity index (χ1) is 8.13. The van der Waals surface area contributed by atoms with Crippen molar-refractivity contribution in [3.8, 4) is 0 Å². The number of halogens is 1. The van der Waals surface area contributed by atoms with Gasteiger partial charge in [-0.05, 0) is 18.2 Å². The molecule has 0 spiro atoms. The highest BCUT2D eigenvalue weighted by Gasteiger charge is 2.06. The first-order valence-corrected chi connectivity index (χ1v) is 7.11. The van der Waals surface area contributed by atoms with Gasteiger partial charge in [0.2, 0.25) is 0 Å². The van der Waals surface area contributed by atoms with E-state index in [1.54, 1.807) is 30.0 Å². The van der Waals surface area contributed by atoms with E-state index in [2.05, 4.69) is 27.8 Å². The number of benzene rings is 1. The van der Waals surface area contributed by atoms with Gasteiger partial charge in [0.25, 0.3) is 5.91 Å². The molecule has 17 heavy (non-hydrogen) atoms. The number of nitrogens with one attached hydrogen (secondary N) is 1. The fraction of sp³-hybridized carbons (Fsp3) is 0.250. The SMILES string of the molecule is C=CCSCCNC(=O)c1cc(N)cc(Br)c1. The Bertz CT molecular complexity index is 389. The smallest absolute Gasteiger partial charge is 0.251 e. The van der Waals surface area contributed by atoms with E-state index in [4.69, 9.17) is 5.73 Å². The first-order valence-electron chi connectivity index (χ1n) is 5.16. The number of nitrogen functional groups attached to an aromatic ring is 1. The highest BCUT2D eigenvalue weighted by Crippen LogP contribution is 2.17. The summed E-state index contributed by atoms with van der Waals surface area (Å²) in [7, 11) is 0. The van der Waals surface area contributed by atoms with Crippen molar-refractivity contribution < 1.29 is 4.79 Å². The molecule has 0 heterocycles. The van der Waals surface area contributed by atoms with Gasteiger partial charge in [-0.15, -0.1) is 6.58 Å². The van der Waals surface area contributed by atoms with Crippen LogP contribution in [-0.2, 0) is 0 Å². The number of carbonyl (C=O) groups excluding carboxylic acids is 1. The number of thioether (sulfide) groups is 1. The summed E-state index contributed by atoms with van der Waals surface area (Å²) in [5.41, 5.74) is 6.82. The fourth-order valence-corrected chi connectivity index (χ4v) is 2.34. The van der Waals surface area contributed by atoms with Crippen LogP contribution in [0.3, 0.4) is 0 Å². The van der Waals surface area contributed by atoms with E-state index in [9.17, 15) is 4.79 Å². The van der Waals surface area contributed by atoms with Gasteiger partial charge in [-0.25, -0.2) is 0 Å². The maximum absolute atomic E-state index is 11.8. The molecule has 1 aromatic rings. The molecule has 5 heteroatoms. The van der Waals surface area contributed by atoms with E-state index in [-0.39, 0.29) is 5.91 Å². The van der Waals surface area contributed by atoms with Gasteiger partial charge in [-0.3, -0.25) is 4.79 Å². The average molecular weight is 315 g/mol. The molecule has 92 valence electrons. The maximum Gasteiger partial charge on any atom is 0.251 e. The highest BCUT2D eigenvalue weighted by molar-refractivity contribution is 9.10. The summed E-state index contributed by atoms with van der Waals surface area (Å²) in [6.07, 6.45) is 1.85. The average Bonchev–Trinajstić information content (AvgIpc) is 2.27. The second-order valence-electron chi connectivity index (χ2n) is 3.39.